The van der Waals surface area contributed by atoms with Crippen LogP contribution in [0.15, 0.2) is 6.07 Å². The van der Waals surface area contributed by atoms with E-state index in [0.717, 1.165) is 11.9 Å². The average Bonchev–Trinajstić information content (AvgIpc) is 2.79. The molecule has 0 fully saturated rings. The van der Waals surface area contributed by atoms with Crippen LogP contribution < -0.4 is 21.7 Å². The van der Waals surface area contributed by atoms with Gasteiger partial charge >= 0.3 is 7.48 Å². The van der Waals surface area contributed by atoms with Crippen LogP contribution >= 0.6 is 11.6 Å². The van der Waals surface area contributed by atoms with Crippen LogP contribution in [0.25, 0.3) is 0 Å². The Labute approximate surface area is 111 Å². The topological polar surface area (TPSA) is 90.7 Å². The van der Waals surface area contributed by atoms with Gasteiger partial charge in [0.1, 0.15) is 11.5 Å². The lowest BCUT2D eigenvalue weighted by atomic mass is 9.85. The van der Waals surface area contributed by atoms with Crippen molar-refractivity contribution < 1.29 is 14.5 Å². The van der Waals surface area contributed by atoms with Crippen LogP contribution in [0.3, 0.4) is 0 Å². The second kappa shape index (κ2) is 5.80. The van der Waals surface area contributed by atoms with E-state index < -0.39 is 0 Å². The summed E-state index contributed by atoms with van der Waals surface area (Å²) in [5.74, 6) is 0.506. The molecule has 1 unspecified atom stereocenters. The smallest absolute Gasteiger partial charge is 0.335 e. The molecular weight excluding hydrogens is 254 g/mol. The molecule has 5 N–H and O–H groups in total. The van der Waals surface area contributed by atoms with E-state index in [-0.39, 0.29) is 23.4 Å². The number of rotatable bonds is 5. The Kier molecular flexibility index (Phi) is 4.34. The van der Waals surface area contributed by atoms with Gasteiger partial charge in [-0.3, -0.25) is 0 Å². The van der Waals surface area contributed by atoms with E-state index in [1.54, 1.807) is 7.48 Å². The number of halogens is 1. The molecule has 1 aromatic carbocycles. The Balaban J connectivity index is 2.32. The maximum Gasteiger partial charge on any atom is 0.335 e. The minimum absolute atomic E-state index is 0.0319. The lowest BCUT2D eigenvalue weighted by Crippen LogP contribution is -2.18. The van der Waals surface area contributed by atoms with Crippen molar-refractivity contribution in [1.29, 1.82) is 0 Å². The van der Waals surface area contributed by atoms with Crippen LogP contribution in [0.5, 0.6) is 11.5 Å². The third-order valence-electron chi connectivity index (χ3n) is 2.78. The van der Waals surface area contributed by atoms with Crippen molar-refractivity contribution in [3.63, 3.8) is 0 Å². The molecule has 2 rings (SSSR count). The van der Waals surface area contributed by atoms with Gasteiger partial charge in [-0.15, -0.1) is 0 Å². The van der Waals surface area contributed by atoms with Crippen molar-refractivity contribution in [3.8, 4) is 11.5 Å². The summed E-state index contributed by atoms with van der Waals surface area (Å²) in [4.78, 5) is 0. The molecule has 0 aromatic heterocycles. The highest BCUT2D eigenvalue weighted by Crippen LogP contribution is 2.37. The number of ether oxygens (including phenoxy) is 1. The summed E-state index contributed by atoms with van der Waals surface area (Å²) in [7, 11) is 1.57. The Morgan fingerprint density at radius 2 is 2.28 bits per heavy atom. The molecule has 1 atom stereocenters. The van der Waals surface area contributed by atoms with Gasteiger partial charge in [0.15, 0.2) is 0 Å². The minimum Gasteiger partial charge on any atom is -0.506 e. The summed E-state index contributed by atoms with van der Waals surface area (Å²) in [5, 5.41) is 10.1. The molecule has 0 aliphatic carbocycles. The normalized spacial score (nSPS) is 17.4. The largest absolute Gasteiger partial charge is 0.506 e. The molecule has 1 aliphatic heterocycles. The van der Waals surface area contributed by atoms with E-state index in [9.17, 15) is 5.11 Å². The predicted octanol–water partition coefficient (Wildman–Crippen LogP) is 0.0477. The Bertz CT molecular complexity index is 445. The highest BCUT2D eigenvalue weighted by Gasteiger charge is 2.31. The zero-order valence-electron chi connectivity index (χ0n) is 9.86. The lowest BCUT2D eigenvalue weighted by Gasteiger charge is -2.15. The van der Waals surface area contributed by atoms with Crippen molar-refractivity contribution in [3.05, 3.63) is 16.7 Å². The number of fused-ring (bicyclic) bond motifs is 1. The van der Waals surface area contributed by atoms with Crippen molar-refractivity contribution >= 4 is 24.5 Å². The van der Waals surface area contributed by atoms with E-state index in [0.29, 0.717) is 24.5 Å². The molecule has 18 heavy (non-hydrogen) atoms. The zero-order valence-corrected chi connectivity index (χ0v) is 10.6. The molecule has 1 radical (unpaired) electrons. The van der Waals surface area contributed by atoms with Gasteiger partial charge in [0.25, 0.3) is 0 Å². The average molecular weight is 270 g/mol. The number of phenols is 1. The molecular formula is C11H15BClN2O3. The number of phenolic OH excluding ortho intramolecular Hbond substituents is 1. The van der Waals surface area contributed by atoms with E-state index in [1.165, 1.54) is 6.07 Å². The van der Waals surface area contributed by atoms with Gasteiger partial charge < -0.3 is 26.0 Å². The first kappa shape index (κ1) is 13.5. The minimum atomic E-state index is -0.337. The summed E-state index contributed by atoms with van der Waals surface area (Å²) in [6, 6.07) is 1.48. The van der Waals surface area contributed by atoms with Crippen LogP contribution in [-0.4, -0.2) is 32.3 Å². The fourth-order valence-corrected chi connectivity index (χ4v) is 2.15. The number of nitrogens with two attached hydrogens (primary N) is 2. The number of hydrogen-bond acceptors (Lipinski definition) is 5. The van der Waals surface area contributed by atoms with Crippen LogP contribution in [0.2, 0.25) is 5.02 Å². The Morgan fingerprint density at radius 3 is 2.94 bits per heavy atom. The Hall–Kier alpha value is -0.945. The molecule has 0 spiro atoms. The highest BCUT2D eigenvalue weighted by atomic mass is 35.5. The van der Waals surface area contributed by atoms with E-state index in [1.807, 2.05) is 0 Å². The number of hydrogen-bond donors (Lipinski definition) is 3. The van der Waals surface area contributed by atoms with E-state index in [2.05, 4.69) is 0 Å². The van der Waals surface area contributed by atoms with Crippen molar-refractivity contribution in [2.75, 3.05) is 19.7 Å². The monoisotopic (exact) mass is 269 g/mol. The first-order valence-electron chi connectivity index (χ1n) is 5.76. The van der Waals surface area contributed by atoms with Crippen molar-refractivity contribution in [1.82, 2.24) is 0 Å². The van der Waals surface area contributed by atoms with Crippen LogP contribution in [0, 0.1) is 0 Å². The molecule has 0 saturated carbocycles. The summed E-state index contributed by atoms with van der Waals surface area (Å²) < 4.78 is 11.0. The van der Waals surface area contributed by atoms with Crippen molar-refractivity contribution in [2.24, 2.45) is 11.5 Å². The highest BCUT2D eigenvalue weighted by molar-refractivity contribution is 6.52. The van der Waals surface area contributed by atoms with Crippen LogP contribution in [0.4, 0.5) is 0 Å². The van der Waals surface area contributed by atoms with Gasteiger partial charge in [0.2, 0.25) is 0 Å². The lowest BCUT2D eigenvalue weighted by molar-refractivity contribution is 0.243. The summed E-state index contributed by atoms with van der Waals surface area (Å²) in [6.45, 7) is 1.31. The summed E-state index contributed by atoms with van der Waals surface area (Å²) in [6.07, 6.45) is 0.399. The maximum atomic E-state index is 9.79. The zero-order chi connectivity index (χ0) is 13.1. The van der Waals surface area contributed by atoms with E-state index in [4.69, 9.17) is 32.5 Å². The molecule has 1 aromatic rings. The SMILES string of the molecule is NCCCOc1cc(O)c(Cl)c2c1[B]OC2CN. The molecule has 1 aliphatic rings. The summed E-state index contributed by atoms with van der Waals surface area (Å²) >= 11 is 6.06. The number of aromatic hydroxyl groups is 1. The molecule has 7 heteroatoms. The molecule has 0 saturated heterocycles. The van der Waals surface area contributed by atoms with Gasteiger partial charge in [0, 0.05) is 18.2 Å². The number of benzene rings is 1. The fourth-order valence-electron chi connectivity index (χ4n) is 1.87. The van der Waals surface area contributed by atoms with Gasteiger partial charge in [-0.2, -0.15) is 0 Å². The Morgan fingerprint density at radius 1 is 1.50 bits per heavy atom. The van der Waals surface area contributed by atoms with Crippen LogP contribution in [-0.2, 0) is 4.65 Å². The van der Waals surface area contributed by atoms with Crippen molar-refractivity contribution in [2.45, 2.75) is 12.5 Å². The predicted molar refractivity (Wildman–Crippen MR) is 70.6 cm³/mol. The quantitative estimate of drug-likeness (QED) is 0.519. The second-order valence-corrected chi connectivity index (χ2v) is 4.38. The molecule has 0 bridgehead atoms. The van der Waals surface area contributed by atoms with Crippen LogP contribution in [0.1, 0.15) is 18.1 Å². The third kappa shape index (κ3) is 2.42. The first-order valence-corrected chi connectivity index (χ1v) is 6.13. The van der Waals surface area contributed by atoms with Gasteiger partial charge in [-0.1, -0.05) is 11.6 Å². The third-order valence-corrected chi connectivity index (χ3v) is 3.17. The summed E-state index contributed by atoms with van der Waals surface area (Å²) in [5.41, 5.74) is 12.4. The fraction of sp³-hybridized carbons (Fsp3) is 0.455. The molecule has 0 amide bonds. The van der Waals surface area contributed by atoms with Gasteiger partial charge in [-0.05, 0) is 18.4 Å². The van der Waals surface area contributed by atoms with Gasteiger partial charge in [0.05, 0.1) is 17.7 Å². The van der Waals surface area contributed by atoms with Gasteiger partial charge in [-0.25, -0.2) is 0 Å². The standard InChI is InChI=1S/C11H15BClN2O3/c13-11-6(16)4-7(17-3-1-2-14)10-9(11)8(5-15)18-12-10/h4,8,16H,1-3,5,14-15H2. The molecule has 5 nitrogen and oxygen atoms in total. The first-order chi connectivity index (χ1) is 8.69. The van der Waals surface area contributed by atoms with E-state index >= 15 is 0 Å². The molecule has 97 valence electrons. The second-order valence-electron chi connectivity index (χ2n) is 4.00. The molecule has 1 heterocycles. The maximum absolute atomic E-state index is 9.79.